The van der Waals surface area contributed by atoms with Gasteiger partial charge in [0.2, 0.25) is 0 Å². The minimum Gasteiger partial charge on any atom is -0.469 e. The third-order valence-corrected chi connectivity index (χ3v) is 15.5. The number of furan rings is 1. The molecular weight excluding hydrogens is 889 g/mol. The van der Waals surface area contributed by atoms with Crippen LogP contribution >= 0.6 is 11.3 Å². The fourth-order valence-electron chi connectivity index (χ4n) is 10.0. The van der Waals surface area contributed by atoms with Crippen LogP contribution in [-0.4, -0.2) is 0 Å². The predicted molar refractivity (Wildman–Crippen MR) is 319 cm³/mol. The maximum Gasteiger partial charge on any atom is 0.106 e. The molecule has 1 fully saturated rings. The topological polar surface area (TPSA) is 13.1 Å². The molecule has 0 amide bonds. The van der Waals surface area contributed by atoms with Crippen LogP contribution in [0, 0.1) is 0 Å². The minimum atomic E-state index is 0.519. The number of hydrogen-bond acceptors (Lipinski definition) is 2. The molecule has 11 rings (SSSR count). The van der Waals surface area contributed by atoms with Gasteiger partial charge in [-0.15, -0.1) is 11.3 Å². The maximum absolute atomic E-state index is 5.09. The highest BCUT2D eigenvalue weighted by Gasteiger charge is 2.17. The molecule has 9 aromatic rings. The number of fused-ring (bicyclic) bond motifs is 3. The molecule has 2 aliphatic carbocycles. The van der Waals surface area contributed by atoms with Gasteiger partial charge in [-0.25, -0.2) is 0 Å². The summed E-state index contributed by atoms with van der Waals surface area (Å²) in [6, 6.07) is 59.1. The van der Waals surface area contributed by atoms with Gasteiger partial charge in [-0.2, -0.15) is 0 Å². The maximum atomic E-state index is 5.09. The molecule has 1 saturated carbocycles. The molecule has 1 nitrogen and oxygen atoms in total. The molecule has 378 valence electrons. The summed E-state index contributed by atoms with van der Waals surface area (Å²) < 4.78 is 5.09. The van der Waals surface area contributed by atoms with Crippen molar-refractivity contribution in [2.45, 2.75) is 169 Å². The lowest BCUT2D eigenvalue weighted by molar-refractivity contribution is 0.443. The highest BCUT2D eigenvalue weighted by atomic mass is 32.1. The van der Waals surface area contributed by atoms with Crippen LogP contribution in [0.2, 0.25) is 0 Å². The molecule has 2 heterocycles. The number of thiophene rings is 1. The van der Waals surface area contributed by atoms with E-state index in [1.807, 2.05) is 29.5 Å². The zero-order valence-electron chi connectivity index (χ0n) is 46.1. The first kappa shape index (κ1) is 55.6. The summed E-state index contributed by atoms with van der Waals surface area (Å²) in [4.78, 5) is 1.48. The van der Waals surface area contributed by atoms with E-state index in [0.717, 1.165) is 11.7 Å². The summed E-state index contributed by atoms with van der Waals surface area (Å²) in [7, 11) is 0. The van der Waals surface area contributed by atoms with Gasteiger partial charge in [0.25, 0.3) is 0 Å². The highest BCUT2D eigenvalue weighted by molar-refractivity contribution is 7.10. The van der Waals surface area contributed by atoms with Gasteiger partial charge in [-0.3, -0.25) is 0 Å². The first-order valence-electron chi connectivity index (χ1n) is 27.4. The second-order valence-corrected chi connectivity index (χ2v) is 22.7. The van der Waals surface area contributed by atoms with E-state index in [4.69, 9.17) is 4.42 Å². The molecule has 0 N–H and O–H groups in total. The van der Waals surface area contributed by atoms with E-state index in [9.17, 15) is 0 Å². The fourth-order valence-corrected chi connectivity index (χ4v) is 10.7. The highest BCUT2D eigenvalue weighted by Crippen LogP contribution is 2.36. The lowest BCUT2D eigenvalue weighted by atomic mass is 9.83. The van der Waals surface area contributed by atoms with Gasteiger partial charge in [0.1, 0.15) is 5.76 Å². The summed E-state index contributed by atoms with van der Waals surface area (Å²) in [5.74, 6) is 5.63. The van der Waals surface area contributed by atoms with Crippen LogP contribution in [0.1, 0.15) is 206 Å². The molecule has 0 saturated heterocycles. The average Bonchev–Trinajstić information content (AvgIpc) is 4.23. The van der Waals surface area contributed by atoms with Crippen molar-refractivity contribution in [1.29, 1.82) is 0 Å². The molecule has 2 aromatic heterocycles. The van der Waals surface area contributed by atoms with Gasteiger partial charge in [0, 0.05) is 10.8 Å². The van der Waals surface area contributed by atoms with Crippen molar-refractivity contribution >= 4 is 43.7 Å². The van der Waals surface area contributed by atoms with Crippen LogP contribution in [-0.2, 0) is 12.8 Å². The predicted octanol–water partition coefficient (Wildman–Crippen LogP) is 22.1. The molecule has 0 radical (unpaired) electrons. The molecule has 0 atom stereocenters. The van der Waals surface area contributed by atoms with E-state index >= 15 is 0 Å². The Labute approximate surface area is 440 Å². The number of rotatable bonds is 7. The van der Waals surface area contributed by atoms with Crippen molar-refractivity contribution in [3.63, 3.8) is 0 Å². The first-order chi connectivity index (χ1) is 34.7. The molecule has 0 unspecified atom stereocenters. The van der Waals surface area contributed by atoms with Crippen molar-refractivity contribution in [2.75, 3.05) is 0 Å². The Morgan fingerprint density at radius 1 is 0.417 bits per heavy atom. The van der Waals surface area contributed by atoms with Crippen LogP contribution in [0.4, 0.5) is 0 Å². The van der Waals surface area contributed by atoms with E-state index < -0.39 is 0 Å². The second kappa shape index (κ2) is 27.9. The molecule has 0 aliphatic heterocycles. The lowest BCUT2D eigenvalue weighted by Gasteiger charge is -2.22. The standard InChI is InChI=1S/C17H16.C15H16.C15H22.C9H12.C7H10O.C7H10S/c1-12(2)17-11-13-7-3-4-8-14(13)15-9-5-6-10-16(15)17;1-10(2)13-9-8-12-7-6-11-4-3-5-14(13)15(11)12;1-12(2)13-8-10-15(11-9-13)14-6-4-3-5-7-14;1-8(2)9-6-4-3-5-7-9;2*1-6(2)7-4-3-5-8-7/h3-12H,1-2H3;3-5,8-10H,6-7H2,1-2H3;8-12,14H,3-7H2,1-2H3;3-8H,1-2H3;2*3-6H,1-2H3. The Kier molecular flexibility index (Phi) is 21.6. The molecule has 72 heavy (non-hydrogen) atoms. The Morgan fingerprint density at radius 3 is 1.53 bits per heavy atom. The number of hydrogen-bond donors (Lipinski definition) is 0. The SMILES string of the molecule is CC(C)c1cc2ccccc2c2ccccc12.CC(C)c1ccc(C2CCCCC2)cc1.CC(C)c1ccc2c3c(cccc13)CC2.CC(C)c1ccccc1.CC(C)c1ccco1.CC(C)c1cccs1. The van der Waals surface area contributed by atoms with Crippen molar-refractivity contribution in [3.05, 3.63) is 225 Å². The van der Waals surface area contributed by atoms with Gasteiger partial charge in [-0.05, 0) is 156 Å². The summed E-state index contributed by atoms with van der Waals surface area (Å²) in [5.41, 5.74) is 10.5. The van der Waals surface area contributed by atoms with Crippen LogP contribution in [0.15, 0.2) is 180 Å². The van der Waals surface area contributed by atoms with Crippen LogP contribution < -0.4 is 0 Å². The Morgan fingerprint density at radius 2 is 1.00 bits per heavy atom. The van der Waals surface area contributed by atoms with Crippen LogP contribution in [0.3, 0.4) is 0 Å². The molecule has 2 aliphatic rings. The molecule has 0 bridgehead atoms. The summed E-state index contributed by atoms with van der Waals surface area (Å²) >= 11 is 1.83. The Hall–Kier alpha value is -5.70. The quantitative estimate of drug-likeness (QED) is 0.145. The smallest absolute Gasteiger partial charge is 0.106 e. The zero-order chi connectivity index (χ0) is 51.6. The first-order valence-corrected chi connectivity index (χ1v) is 28.3. The van der Waals surface area contributed by atoms with Gasteiger partial charge < -0.3 is 4.42 Å². The van der Waals surface area contributed by atoms with E-state index in [1.54, 1.807) is 28.3 Å². The molecule has 2 heteroatoms. The third-order valence-electron chi connectivity index (χ3n) is 14.3. The van der Waals surface area contributed by atoms with Crippen molar-refractivity contribution in [3.8, 4) is 0 Å². The van der Waals surface area contributed by atoms with Gasteiger partial charge >= 0.3 is 0 Å². The summed E-state index contributed by atoms with van der Waals surface area (Å²) in [6.07, 6.45) is 11.3. The zero-order valence-corrected chi connectivity index (χ0v) is 46.9. The van der Waals surface area contributed by atoms with Gasteiger partial charge in [0.05, 0.1) is 6.26 Å². The van der Waals surface area contributed by atoms with E-state index in [-0.39, 0.29) is 0 Å². The normalized spacial score (nSPS) is 13.0. The third kappa shape index (κ3) is 15.7. The van der Waals surface area contributed by atoms with Gasteiger partial charge in [0.15, 0.2) is 0 Å². The lowest BCUT2D eigenvalue weighted by Crippen LogP contribution is -2.04. The van der Waals surface area contributed by atoms with E-state index in [0.29, 0.717) is 35.5 Å². The number of aryl methyl sites for hydroxylation is 2. The van der Waals surface area contributed by atoms with Gasteiger partial charge in [-0.1, -0.05) is 248 Å². The Bertz CT molecular complexity index is 2880. The largest absolute Gasteiger partial charge is 0.469 e. The fraction of sp³-hybridized carbons (Fsp3) is 0.371. The molecule has 0 spiro atoms. The van der Waals surface area contributed by atoms with Crippen LogP contribution in [0.5, 0.6) is 0 Å². The minimum absolute atomic E-state index is 0.519. The van der Waals surface area contributed by atoms with E-state index in [1.165, 1.54) is 99.0 Å². The van der Waals surface area contributed by atoms with Crippen molar-refractivity contribution < 1.29 is 4.42 Å². The average molecular weight is 976 g/mol. The van der Waals surface area contributed by atoms with E-state index in [2.05, 4.69) is 234 Å². The van der Waals surface area contributed by atoms with Crippen LogP contribution in [0.25, 0.3) is 32.3 Å². The van der Waals surface area contributed by atoms with Crippen molar-refractivity contribution in [1.82, 2.24) is 0 Å². The Balaban J connectivity index is 0.000000145. The second-order valence-electron chi connectivity index (χ2n) is 21.8. The number of benzene rings is 7. The molecule has 7 aromatic carbocycles. The summed E-state index contributed by atoms with van der Waals surface area (Å²) in [5, 5.41) is 10.6. The van der Waals surface area contributed by atoms with Crippen molar-refractivity contribution in [2.24, 2.45) is 0 Å². The molecular formula is C70H86OS. The summed E-state index contributed by atoms with van der Waals surface area (Å²) in [6.45, 7) is 26.6. The monoisotopic (exact) mass is 975 g/mol.